The van der Waals surface area contributed by atoms with Crippen LogP contribution in [0.2, 0.25) is 0 Å². The van der Waals surface area contributed by atoms with Gasteiger partial charge in [-0.1, -0.05) is 0 Å². The van der Waals surface area contributed by atoms with E-state index in [4.69, 9.17) is 0 Å². The molecule has 5 heteroatoms. The lowest BCUT2D eigenvalue weighted by Gasteiger charge is -2.10. The third kappa shape index (κ3) is 2.47. The molecule has 1 N–H and O–H groups in total. The van der Waals surface area contributed by atoms with Crippen molar-refractivity contribution in [2.24, 2.45) is 0 Å². The highest BCUT2D eigenvalue weighted by atomic mass is 32.2. The van der Waals surface area contributed by atoms with Crippen molar-refractivity contribution in [1.29, 1.82) is 0 Å². The van der Waals surface area contributed by atoms with Crippen LogP contribution in [0.4, 0.5) is 5.69 Å². The summed E-state index contributed by atoms with van der Waals surface area (Å²) in [6.07, 6.45) is 5.63. The minimum absolute atomic E-state index is 0.0967. The van der Waals surface area contributed by atoms with E-state index in [0.717, 1.165) is 18.4 Å². The minimum atomic E-state index is -3.18. The Morgan fingerprint density at radius 2 is 2.27 bits per heavy atom. The Balaban J connectivity index is 2.27. The van der Waals surface area contributed by atoms with Gasteiger partial charge in [-0.25, -0.2) is 8.42 Å². The molecule has 0 atom stereocenters. The first-order valence-corrected chi connectivity index (χ1v) is 6.72. The average molecular weight is 226 g/mol. The summed E-state index contributed by atoms with van der Waals surface area (Å²) >= 11 is 0. The highest BCUT2D eigenvalue weighted by Crippen LogP contribution is 2.43. The van der Waals surface area contributed by atoms with Crippen molar-refractivity contribution >= 4 is 15.7 Å². The number of nitrogens with zero attached hydrogens (tertiary/aromatic N) is 1. The van der Waals surface area contributed by atoms with Crippen LogP contribution < -0.4 is 4.72 Å². The molecule has 15 heavy (non-hydrogen) atoms. The molecule has 1 saturated carbocycles. The van der Waals surface area contributed by atoms with Crippen molar-refractivity contribution in [1.82, 2.24) is 4.98 Å². The third-order valence-corrected chi connectivity index (χ3v) is 3.81. The summed E-state index contributed by atoms with van der Waals surface area (Å²) in [6.45, 7) is 1.63. The van der Waals surface area contributed by atoms with Gasteiger partial charge in [0.05, 0.1) is 11.4 Å². The summed E-state index contributed by atoms with van der Waals surface area (Å²) in [5.41, 5.74) is 1.71. The van der Waals surface area contributed by atoms with Gasteiger partial charge in [-0.15, -0.1) is 0 Å². The molecule has 1 fully saturated rings. The maximum atomic E-state index is 11.4. The highest BCUT2D eigenvalue weighted by molar-refractivity contribution is 7.92. The van der Waals surface area contributed by atoms with Gasteiger partial charge < -0.3 is 0 Å². The summed E-state index contributed by atoms with van der Waals surface area (Å²) in [5, 5.41) is 0. The number of aromatic nitrogens is 1. The van der Waals surface area contributed by atoms with Crippen LogP contribution in [0.1, 0.15) is 31.2 Å². The van der Waals surface area contributed by atoms with E-state index >= 15 is 0 Å². The molecule has 1 aromatic rings. The molecule has 0 amide bonds. The Hall–Kier alpha value is -1.10. The monoisotopic (exact) mass is 226 g/mol. The predicted octanol–water partition coefficient (Wildman–Crippen LogP) is 1.72. The second kappa shape index (κ2) is 3.81. The zero-order valence-electron chi connectivity index (χ0n) is 8.60. The summed E-state index contributed by atoms with van der Waals surface area (Å²) < 4.78 is 25.5. The molecular formula is C10H14N2O2S. The molecular weight excluding hydrogens is 212 g/mol. The summed E-state index contributed by atoms with van der Waals surface area (Å²) in [4.78, 5) is 4.03. The fourth-order valence-corrected chi connectivity index (χ4v) is 2.12. The van der Waals surface area contributed by atoms with E-state index in [0.29, 0.717) is 11.6 Å². The number of anilines is 1. The van der Waals surface area contributed by atoms with Gasteiger partial charge >= 0.3 is 0 Å². The van der Waals surface area contributed by atoms with Crippen molar-refractivity contribution < 1.29 is 8.42 Å². The van der Waals surface area contributed by atoms with Crippen LogP contribution in [0.5, 0.6) is 0 Å². The van der Waals surface area contributed by atoms with E-state index < -0.39 is 10.0 Å². The third-order valence-electron chi connectivity index (χ3n) is 2.51. The summed E-state index contributed by atoms with van der Waals surface area (Å²) in [5.74, 6) is 0.590. The van der Waals surface area contributed by atoms with Crippen molar-refractivity contribution in [3.63, 3.8) is 0 Å². The van der Waals surface area contributed by atoms with Crippen molar-refractivity contribution in [3.8, 4) is 0 Å². The van der Waals surface area contributed by atoms with Crippen LogP contribution in [0.15, 0.2) is 18.5 Å². The molecule has 0 unspecified atom stereocenters. The van der Waals surface area contributed by atoms with Crippen LogP contribution in [0.3, 0.4) is 0 Å². The number of sulfonamides is 1. The SMILES string of the molecule is CCS(=O)(=O)Nc1ccncc1C1CC1. The Bertz CT molecular complexity index is 452. The molecule has 1 aromatic heterocycles. The van der Waals surface area contributed by atoms with Gasteiger partial charge in [-0.05, 0) is 37.3 Å². The van der Waals surface area contributed by atoms with Gasteiger partial charge in [0.25, 0.3) is 0 Å². The fourth-order valence-electron chi connectivity index (χ4n) is 1.46. The Kier molecular flexibility index (Phi) is 2.65. The Morgan fingerprint density at radius 3 is 2.87 bits per heavy atom. The standard InChI is InChI=1S/C10H14N2O2S/c1-2-15(13,14)12-10-5-6-11-7-9(10)8-3-4-8/h5-8H,2-4H2,1H3,(H,11,12). The fraction of sp³-hybridized carbons (Fsp3) is 0.500. The zero-order valence-corrected chi connectivity index (χ0v) is 9.42. The Morgan fingerprint density at radius 1 is 1.53 bits per heavy atom. The number of hydrogen-bond donors (Lipinski definition) is 1. The van der Waals surface area contributed by atoms with Crippen molar-refractivity contribution in [2.75, 3.05) is 10.5 Å². The number of pyridine rings is 1. The predicted molar refractivity (Wildman–Crippen MR) is 59.3 cm³/mol. The van der Waals surface area contributed by atoms with Gasteiger partial charge in [0, 0.05) is 12.4 Å². The van der Waals surface area contributed by atoms with E-state index in [1.165, 1.54) is 0 Å². The van der Waals surface area contributed by atoms with Crippen LogP contribution in [-0.2, 0) is 10.0 Å². The molecule has 0 aliphatic heterocycles. The lowest BCUT2D eigenvalue weighted by molar-refractivity contribution is 0.602. The van der Waals surface area contributed by atoms with E-state index in [-0.39, 0.29) is 5.75 Å². The first-order chi connectivity index (χ1) is 7.12. The number of rotatable bonds is 4. The van der Waals surface area contributed by atoms with Gasteiger partial charge in [-0.3, -0.25) is 9.71 Å². The zero-order chi connectivity index (χ0) is 10.9. The molecule has 0 aromatic carbocycles. The second-order valence-corrected chi connectivity index (χ2v) is 5.75. The van der Waals surface area contributed by atoms with Crippen molar-refractivity contribution in [3.05, 3.63) is 24.0 Å². The minimum Gasteiger partial charge on any atom is -0.283 e. The molecule has 0 saturated heterocycles. The van der Waals surface area contributed by atoms with Gasteiger partial charge in [0.1, 0.15) is 0 Å². The van der Waals surface area contributed by atoms with Crippen LogP contribution >= 0.6 is 0 Å². The average Bonchev–Trinajstić information content (AvgIpc) is 3.02. The van der Waals surface area contributed by atoms with Gasteiger partial charge in [0.2, 0.25) is 10.0 Å². The lowest BCUT2D eigenvalue weighted by atomic mass is 10.1. The molecule has 82 valence electrons. The summed E-state index contributed by atoms with van der Waals surface area (Å²) in [6, 6.07) is 1.72. The van der Waals surface area contributed by atoms with Crippen LogP contribution in [-0.4, -0.2) is 19.2 Å². The largest absolute Gasteiger partial charge is 0.283 e. The molecule has 2 rings (SSSR count). The molecule has 4 nitrogen and oxygen atoms in total. The topological polar surface area (TPSA) is 59.1 Å². The lowest BCUT2D eigenvalue weighted by Crippen LogP contribution is -2.15. The molecule has 0 radical (unpaired) electrons. The Labute approximate surface area is 89.8 Å². The molecule has 0 spiro atoms. The first-order valence-electron chi connectivity index (χ1n) is 5.07. The molecule has 0 bridgehead atoms. The quantitative estimate of drug-likeness (QED) is 0.850. The summed E-state index contributed by atoms with van der Waals surface area (Å²) in [7, 11) is -3.18. The maximum absolute atomic E-state index is 11.4. The van der Waals surface area contributed by atoms with E-state index in [1.807, 2.05) is 0 Å². The van der Waals surface area contributed by atoms with Gasteiger partial charge in [-0.2, -0.15) is 0 Å². The first kappa shape index (κ1) is 10.4. The van der Waals surface area contributed by atoms with E-state index in [9.17, 15) is 8.42 Å². The number of hydrogen-bond acceptors (Lipinski definition) is 3. The van der Waals surface area contributed by atoms with Crippen LogP contribution in [0, 0.1) is 0 Å². The van der Waals surface area contributed by atoms with E-state index in [2.05, 4.69) is 9.71 Å². The molecule has 1 aliphatic rings. The highest BCUT2D eigenvalue weighted by Gasteiger charge is 2.27. The smallest absolute Gasteiger partial charge is 0.232 e. The number of nitrogens with one attached hydrogen (secondary N) is 1. The van der Waals surface area contributed by atoms with Gasteiger partial charge in [0.15, 0.2) is 0 Å². The van der Waals surface area contributed by atoms with E-state index in [1.54, 1.807) is 25.4 Å². The molecule has 1 aliphatic carbocycles. The molecule has 1 heterocycles. The van der Waals surface area contributed by atoms with Crippen molar-refractivity contribution in [2.45, 2.75) is 25.7 Å². The van der Waals surface area contributed by atoms with Crippen LogP contribution in [0.25, 0.3) is 0 Å². The maximum Gasteiger partial charge on any atom is 0.232 e. The normalized spacial score (nSPS) is 16.3. The second-order valence-electron chi connectivity index (χ2n) is 3.74.